The normalized spacial score (nSPS) is 12.3. The van der Waals surface area contributed by atoms with Crippen molar-refractivity contribution in [2.24, 2.45) is 0 Å². The Balaban J connectivity index is 1.04. The molecule has 0 amide bonds. The third-order valence-electron chi connectivity index (χ3n) is 13.7. The van der Waals surface area contributed by atoms with Crippen LogP contribution >= 0.6 is 11.3 Å². The van der Waals surface area contributed by atoms with Crippen molar-refractivity contribution in [3.05, 3.63) is 219 Å². The van der Waals surface area contributed by atoms with Crippen molar-refractivity contribution in [3.8, 4) is 11.4 Å². The van der Waals surface area contributed by atoms with Crippen molar-refractivity contribution in [1.29, 1.82) is 0 Å². The molecule has 65 heavy (non-hydrogen) atoms. The number of furan rings is 1. The number of rotatable bonds is 6. The molecule has 0 N–H and O–H groups in total. The molecule has 0 atom stereocenters. The molecule has 5 nitrogen and oxygen atoms in total. The summed E-state index contributed by atoms with van der Waals surface area (Å²) in [5.41, 5.74) is 8.51. The van der Waals surface area contributed by atoms with E-state index in [0.717, 1.165) is 49.9 Å². The Morgan fingerprint density at radius 3 is 1.57 bits per heavy atom. The molecule has 0 aliphatic carbocycles. The molecule has 0 radical (unpaired) electrons. The maximum Gasteiger partial charge on any atom is 0.185 e. The summed E-state index contributed by atoms with van der Waals surface area (Å²) >= 11 is 1.90. The number of hydrogen-bond acceptors (Lipinski definition) is 4. The topological polar surface area (TPSA) is 48.8 Å². The average molecular weight is 865 g/mol. The van der Waals surface area contributed by atoms with Crippen LogP contribution < -0.4 is 20.7 Å². The Kier molecular flexibility index (Phi) is 7.81. The van der Waals surface area contributed by atoms with Gasteiger partial charge in [-0.1, -0.05) is 133 Å². The van der Waals surface area contributed by atoms with E-state index in [1.807, 2.05) is 36.1 Å². The molecule has 0 unspecified atom stereocenters. The number of benzene rings is 8. The van der Waals surface area contributed by atoms with E-state index in [2.05, 4.69) is 213 Å². The predicted molar refractivity (Wildman–Crippen MR) is 274 cm³/mol. The molecule has 0 aliphatic heterocycles. The lowest BCUT2D eigenvalue weighted by molar-refractivity contribution is 0.671. The first-order chi connectivity index (χ1) is 32.3. The van der Waals surface area contributed by atoms with Crippen LogP contribution in [0.2, 0.25) is 0 Å². The van der Waals surface area contributed by atoms with Crippen LogP contribution in [0.15, 0.2) is 223 Å². The van der Waals surface area contributed by atoms with Gasteiger partial charge in [0.1, 0.15) is 11.2 Å². The molecule has 6 aromatic heterocycles. The van der Waals surface area contributed by atoms with E-state index in [1.165, 1.54) is 68.0 Å². The third-order valence-corrected chi connectivity index (χ3v) is 19.9. The minimum Gasteiger partial charge on any atom is -0.456 e. The lowest BCUT2D eigenvalue weighted by atomic mass is 10.1. The van der Waals surface area contributed by atoms with Gasteiger partial charge in [-0.3, -0.25) is 9.97 Å². The number of pyridine rings is 2. The SMILES string of the molecule is c1ccc([Si](c2ccccc2)(c2cccc3c2oc2ccc(-n4c5ccccc5c5ccncc54)cc23)c2cccc3c2sc2ccc(-n4c5ccccc5c5ccncc54)cc23)cc1. The van der Waals surface area contributed by atoms with Crippen LogP contribution in [0, 0.1) is 0 Å². The Morgan fingerprint density at radius 1 is 0.400 bits per heavy atom. The van der Waals surface area contributed by atoms with Gasteiger partial charge < -0.3 is 13.6 Å². The number of hydrogen-bond donors (Lipinski definition) is 0. The zero-order valence-electron chi connectivity index (χ0n) is 34.9. The second-order valence-corrected chi connectivity index (χ2v) is 21.7. The highest BCUT2D eigenvalue weighted by atomic mass is 32.1. The zero-order valence-corrected chi connectivity index (χ0v) is 36.7. The van der Waals surface area contributed by atoms with Crippen LogP contribution in [0.25, 0.3) is 97.1 Å². The standard InChI is InChI=1S/C58H36N4OSSi/c1-3-13-39(14-4-1)65(40-15-5-2-6-16-40,55-23-11-19-45-47-33-37(25-27-53(47)63-57(45)55)61-49-21-9-7-17-41(49)43-29-31-59-35-51(43)61)56-24-12-20-46-48-34-38(26-28-54(48)64-58(46)56)62-50-22-10-8-18-42(50)44-30-32-60-36-52(44)62/h1-36H. The van der Waals surface area contributed by atoms with E-state index in [1.54, 1.807) is 0 Å². The van der Waals surface area contributed by atoms with Crippen molar-refractivity contribution >= 4 is 126 Å². The van der Waals surface area contributed by atoms with Crippen molar-refractivity contribution < 1.29 is 4.42 Å². The molecule has 0 spiro atoms. The summed E-state index contributed by atoms with van der Waals surface area (Å²) in [5.74, 6) is 0. The number of aromatic nitrogens is 4. The fourth-order valence-corrected chi connectivity index (χ4v) is 17.6. The number of para-hydroxylation sites is 3. The Morgan fingerprint density at radius 2 is 0.923 bits per heavy atom. The van der Waals surface area contributed by atoms with E-state index in [4.69, 9.17) is 4.42 Å². The summed E-state index contributed by atoms with van der Waals surface area (Å²) in [6.45, 7) is 0. The van der Waals surface area contributed by atoms with Gasteiger partial charge in [0.05, 0.1) is 34.5 Å². The molecule has 7 heteroatoms. The van der Waals surface area contributed by atoms with E-state index >= 15 is 0 Å². The summed E-state index contributed by atoms with van der Waals surface area (Å²) < 4.78 is 14.5. The van der Waals surface area contributed by atoms with Gasteiger partial charge in [0.15, 0.2) is 8.07 Å². The minimum absolute atomic E-state index is 0.868. The molecule has 0 saturated carbocycles. The van der Waals surface area contributed by atoms with E-state index in [0.29, 0.717) is 0 Å². The largest absolute Gasteiger partial charge is 0.456 e. The van der Waals surface area contributed by atoms with Crippen LogP contribution in [0.5, 0.6) is 0 Å². The Hall–Kier alpha value is -8.10. The van der Waals surface area contributed by atoms with Gasteiger partial charge in [-0.25, -0.2) is 0 Å². The monoisotopic (exact) mass is 864 g/mol. The number of fused-ring (bicyclic) bond motifs is 12. The Labute approximate surface area is 377 Å². The molecule has 6 heterocycles. The molecule has 0 fully saturated rings. The van der Waals surface area contributed by atoms with Crippen LogP contribution in [-0.2, 0) is 0 Å². The van der Waals surface area contributed by atoms with Crippen molar-refractivity contribution in [3.63, 3.8) is 0 Å². The van der Waals surface area contributed by atoms with Gasteiger partial charge >= 0.3 is 0 Å². The summed E-state index contributed by atoms with van der Waals surface area (Å²) in [7, 11) is -3.14. The van der Waals surface area contributed by atoms with Gasteiger partial charge in [0.25, 0.3) is 0 Å². The van der Waals surface area contributed by atoms with Gasteiger partial charge in [-0.05, 0) is 81.4 Å². The lowest BCUT2D eigenvalue weighted by Crippen LogP contribution is -2.74. The number of thiophene rings is 1. The van der Waals surface area contributed by atoms with Crippen LogP contribution in [0.1, 0.15) is 0 Å². The van der Waals surface area contributed by atoms with Crippen LogP contribution in [0.3, 0.4) is 0 Å². The average Bonchev–Trinajstić information content (AvgIpc) is 4.13. The van der Waals surface area contributed by atoms with Gasteiger partial charge in [-0.2, -0.15) is 0 Å². The predicted octanol–water partition coefficient (Wildman–Crippen LogP) is 12.3. The molecule has 14 aromatic rings. The Bertz CT molecular complexity index is 3820. The highest BCUT2D eigenvalue weighted by molar-refractivity contribution is 7.31. The first kappa shape index (κ1) is 36.4. The van der Waals surface area contributed by atoms with Crippen LogP contribution in [-0.4, -0.2) is 27.2 Å². The highest BCUT2D eigenvalue weighted by Gasteiger charge is 2.45. The van der Waals surface area contributed by atoms with Gasteiger partial charge in [0.2, 0.25) is 0 Å². The highest BCUT2D eigenvalue weighted by Crippen LogP contribution is 2.39. The molecule has 0 saturated heterocycles. The second kappa shape index (κ2) is 13.9. The molecule has 0 aliphatic rings. The molecular weight excluding hydrogens is 829 g/mol. The molecule has 0 bridgehead atoms. The van der Waals surface area contributed by atoms with E-state index in [9.17, 15) is 0 Å². The van der Waals surface area contributed by atoms with E-state index < -0.39 is 8.07 Å². The van der Waals surface area contributed by atoms with Crippen molar-refractivity contribution in [2.75, 3.05) is 0 Å². The smallest absolute Gasteiger partial charge is 0.185 e. The molecule has 304 valence electrons. The maximum absolute atomic E-state index is 7.21. The number of nitrogens with zero attached hydrogens (tertiary/aromatic N) is 4. The maximum atomic E-state index is 7.21. The van der Waals surface area contributed by atoms with Gasteiger partial charge in [-0.15, -0.1) is 11.3 Å². The summed E-state index contributed by atoms with van der Waals surface area (Å²) in [4.78, 5) is 9.13. The summed E-state index contributed by atoms with van der Waals surface area (Å²) in [5, 5.41) is 14.7. The molecule has 14 rings (SSSR count). The zero-order chi connectivity index (χ0) is 42.6. The lowest BCUT2D eigenvalue weighted by Gasteiger charge is -2.34. The fraction of sp³-hybridized carbons (Fsp3) is 0. The summed E-state index contributed by atoms with van der Waals surface area (Å²) in [6, 6.07) is 71.4. The van der Waals surface area contributed by atoms with Gasteiger partial charge in [0, 0.05) is 76.3 Å². The van der Waals surface area contributed by atoms with Crippen molar-refractivity contribution in [2.45, 2.75) is 0 Å². The quantitative estimate of drug-likeness (QED) is 0.124. The first-order valence-corrected chi connectivity index (χ1v) is 24.8. The third kappa shape index (κ3) is 5.13. The summed E-state index contributed by atoms with van der Waals surface area (Å²) in [6.07, 6.45) is 7.73. The van der Waals surface area contributed by atoms with Crippen molar-refractivity contribution in [1.82, 2.24) is 19.1 Å². The first-order valence-electron chi connectivity index (χ1n) is 22.0. The molecule has 8 aromatic carbocycles. The van der Waals surface area contributed by atoms with E-state index in [-0.39, 0.29) is 0 Å². The molecular formula is C58H36N4OSSi. The minimum atomic E-state index is -3.14. The second-order valence-electron chi connectivity index (χ2n) is 16.9. The van der Waals surface area contributed by atoms with Crippen LogP contribution in [0.4, 0.5) is 0 Å². The fourth-order valence-electron chi connectivity index (χ4n) is 10.9.